The lowest BCUT2D eigenvalue weighted by molar-refractivity contribution is -0.122. The van der Waals surface area contributed by atoms with Gasteiger partial charge in [0.15, 0.2) is 0 Å². The first-order valence-electron chi connectivity index (χ1n) is 6.95. The number of nitrogens with zero attached hydrogens (tertiary/aromatic N) is 2. The second kappa shape index (κ2) is 5.36. The third-order valence-corrected chi connectivity index (χ3v) is 5.03. The van der Waals surface area contributed by atoms with Gasteiger partial charge >= 0.3 is 0 Å². The Labute approximate surface area is 121 Å². The van der Waals surface area contributed by atoms with Gasteiger partial charge in [0, 0.05) is 4.88 Å². The Hall–Kier alpha value is -1.69. The molecule has 106 valence electrons. The van der Waals surface area contributed by atoms with Crippen LogP contribution in [0.25, 0.3) is 0 Å². The van der Waals surface area contributed by atoms with Crippen molar-refractivity contribution in [2.45, 2.75) is 44.4 Å². The Morgan fingerprint density at radius 3 is 2.80 bits per heavy atom. The molecule has 1 saturated carbocycles. The van der Waals surface area contributed by atoms with Crippen molar-refractivity contribution in [3.63, 3.8) is 0 Å². The largest absolute Gasteiger partial charge is 0.292 e. The van der Waals surface area contributed by atoms with Gasteiger partial charge in [0.05, 0.1) is 5.41 Å². The molecule has 0 radical (unpaired) electrons. The lowest BCUT2D eigenvalue weighted by Gasteiger charge is -2.34. The van der Waals surface area contributed by atoms with Gasteiger partial charge < -0.3 is 0 Å². The van der Waals surface area contributed by atoms with E-state index in [-0.39, 0.29) is 5.91 Å². The molecule has 1 aliphatic rings. The van der Waals surface area contributed by atoms with Gasteiger partial charge in [-0.05, 0) is 31.2 Å². The molecule has 20 heavy (non-hydrogen) atoms. The summed E-state index contributed by atoms with van der Waals surface area (Å²) in [6, 6.07) is 4.08. The number of carbonyl (C=O) groups is 1. The summed E-state index contributed by atoms with van der Waals surface area (Å²) in [6.07, 6.45) is 5.21. The molecular weight excluding hydrogens is 272 g/mol. The summed E-state index contributed by atoms with van der Waals surface area (Å²) in [5, 5.41) is 11.7. The van der Waals surface area contributed by atoms with Crippen molar-refractivity contribution in [1.82, 2.24) is 15.2 Å². The van der Waals surface area contributed by atoms with Gasteiger partial charge in [-0.25, -0.2) is 0 Å². The van der Waals surface area contributed by atoms with Crippen LogP contribution < -0.4 is 5.32 Å². The number of hydrogen-bond donors (Lipinski definition) is 2. The van der Waals surface area contributed by atoms with E-state index in [1.165, 1.54) is 6.42 Å². The minimum atomic E-state index is -0.402. The van der Waals surface area contributed by atoms with Crippen molar-refractivity contribution in [2.75, 3.05) is 5.32 Å². The van der Waals surface area contributed by atoms with E-state index in [1.54, 1.807) is 11.3 Å². The molecule has 0 saturated heterocycles. The van der Waals surface area contributed by atoms with Crippen LogP contribution in [0.3, 0.4) is 0 Å². The number of nitrogens with one attached hydrogen (secondary N) is 2. The molecule has 6 heteroatoms. The van der Waals surface area contributed by atoms with Gasteiger partial charge in [-0.3, -0.25) is 15.2 Å². The molecule has 5 nitrogen and oxygen atoms in total. The zero-order valence-corrected chi connectivity index (χ0v) is 12.3. The zero-order chi connectivity index (χ0) is 14.0. The van der Waals surface area contributed by atoms with Gasteiger partial charge in [0.1, 0.15) is 5.82 Å². The smallest absolute Gasteiger partial charge is 0.248 e. The van der Waals surface area contributed by atoms with Crippen LogP contribution >= 0.6 is 11.3 Å². The quantitative estimate of drug-likeness (QED) is 0.912. The van der Waals surface area contributed by atoms with Gasteiger partial charge in [-0.1, -0.05) is 25.3 Å². The number of hydrogen-bond acceptors (Lipinski definition) is 4. The van der Waals surface area contributed by atoms with E-state index in [1.807, 2.05) is 18.4 Å². The van der Waals surface area contributed by atoms with Crippen molar-refractivity contribution in [3.05, 3.63) is 28.2 Å². The first-order valence-corrected chi connectivity index (χ1v) is 7.83. The van der Waals surface area contributed by atoms with Crippen LogP contribution in [0.15, 0.2) is 17.5 Å². The SMILES string of the molecule is Cc1nc(NC(=O)C2(c3cccs3)CCCCC2)n[nH]1. The van der Waals surface area contributed by atoms with Crippen molar-refractivity contribution in [2.24, 2.45) is 0 Å². The van der Waals surface area contributed by atoms with Crippen LogP contribution in [0.1, 0.15) is 42.8 Å². The molecule has 2 N–H and O–H groups in total. The number of carbonyl (C=O) groups excluding carboxylic acids is 1. The van der Waals surface area contributed by atoms with Crippen molar-refractivity contribution in [3.8, 4) is 0 Å². The number of aromatic nitrogens is 3. The number of aromatic amines is 1. The van der Waals surface area contributed by atoms with E-state index < -0.39 is 5.41 Å². The maximum atomic E-state index is 12.8. The van der Waals surface area contributed by atoms with Crippen LogP contribution in [0.5, 0.6) is 0 Å². The van der Waals surface area contributed by atoms with E-state index in [4.69, 9.17) is 0 Å². The highest BCUT2D eigenvalue weighted by molar-refractivity contribution is 7.10. The Kier molecular flexibility index (Phi) is 3.56. The molecule has 2 aromatic heterocycles. The third kappa shape index (κ3) is 2.35. The summed E-state index contributed by atoms with van der Waals surface area (Å²) in [4.78, 5) is 18.1. The predicted octanol–water partition coefficient (Wildman–Crippen LogP) is 3.02. The lowest BCUT2D eigenvalue weighted by atomic mass is 9.72. The molecule has 0 atom stereocenters. The Morgan fingerprint density at radius 1 is 1.40 bits per heavy atom. The summed E-state index contributed by atoms with van der Waals surface area (Å²) in [7, 11) is 0. The molecule has 0 aromatic carbocycles. The highest BCUT2D eigenvalue weighted by Crippen LogP contribution is 2.42. The number of amides is 1. The molecule has 1 amide bonds. The number of H-pyrrole nitrogens is 1. The van der Waals surface area contributed by atoms with Crippen LogP contribution in [0, 0.1) is 6.92 Å². The average molecular weight is 290 g/mol. The molecule has 0 unspecified atom stereocenters. The van der Waals surface area contributed by atoms with Crippen LogP contribution in [-0.4, -0.2) is 21.1 Å². The van der Waals surface area contributed by atoms with E-state index in [9.17, 15) is 4.79 Å². The molecule has 0 bridgehead atoms. The summed E-state index contributed by atoms with van der Waals surface area (Å²) >= 11 is 1.66. The Morgan fingerprint density at radius 2 is 2.20 bits per heavy atom. The van der Waals surface area contributed by atoms with Gasteiger partial charge in [-0.15, -0.1) is 16.4 Å². The summed E-state index contributed by atoms with van der Waals surface area (Å²) in [5.74, 6) is 1.10. The molecule has 2 heterocycles. The monoisotopic (exact) mass is 290 g/mol. The van der Waals surface area contributed by atoms with Crippen molar-refractivity contribution in [1.29, 1.82) is 0 Å². The lowest BCUT2D eigenvalue weighted by Crippen LogP contribution is -2.41. The Bertz CT molecular complexity index is 584. The Balaban J connectivity index is 1.87. The fourth-order valence-electron chi connectivity index (χ4n) is 2.91. The van der Waals surface area contributed by atoms with Crippen molar-refractivity contribution >= 4 is 23.2 Å². The molecule has 0 spiro atoms. The van der Waals surface area contributed by atoms with Crippen LogP contribution in [0.4, 0.5) is 5.95 Å². The maximum Gasteiger partial charge on any atom is 0.248 e. The standard InChI is InChI=1S/C14H18N4OS/c1-10-15-13(18-17-10)16-12(19)14(7-3-2-4-8-14)11-6-5-9-20-11/h5-6,9H,2-4,7-8H2,1H3,(H2,15,16,17,18,19). The van der Waals surface area contributed by atoms with E-state index in [0.717, 1.165) is 30.6 Å². The summed E-state index contributed by atoms with van der Waals surface area (Å²) < 4.78 is 0. The molecule has 3 rings (SSSR count). The summed E-state index contributed by atoms with van der Waals surface area (Å²) in [5.41, 5.74) is -0.402. The van der Waals surface area contributed by atoms with Gasteiger partial charge in [-0.2, -0.15) is 4.98 Å². The zero-order valence-electron chi connectivity index (χ0n) is 11.5. The average Bonchev–Trinajstić information content (AvgIpc) is 3.11. The van der Waals surface area contributed by atoms with Crippen molar-refractivity contribution < 1.29 is 4.79 Å². The van der Waals surface area contributed by atoms with E-state index in [0.29, 0.717) is 11.8 Å². The third-order valence-electron chi connectivity index (χ3n) is 3.96. The second-order valence-corrected chi connectivity index (χ2v) is 6.27. The highest BCUT2D eigenvalue weighted by Gasteiger charge is 2.42. The van der Waals surface area contributed by atoms with Gasteiger partial charge in [0.25, 0.3) is 0 Å². The maximum absolute atomic E-state index is 12.8. The number of rotatable bonds is 3. The first kappa shape index (κ1) is 13.3. The molecule has 0 aliphatic heterocycles. The summed E-state index contributed by atoms with van der Waals surface area (Å²) in [6.45, 7) is 1.82. The molecule has 2 aromatic rings. The molecule has 1 fully saturated rings. The minimum absolute atomic E-state index is 0.0265. The minimum Gasteiger partial charge on any atom is -0.292 e. The molecule has 1 aliphatic carbocycles. The number of anilines is 1. The fourth-order valence-corrected chi connectivity index (χ4v) is 3.89. The normalized spacial score (nSPS) is 17.9. The predicted molar refractivity (Wildman–Crippen MR) is 78.8 cm³/mol. The molecular formula is C14H18N4OS. The number of thiophene rings is 1. The topological polar surface area (TPSA) is 70.7 Å². The number of aryl methyl sites for hydroxylation is 1. The van der Waals surface area contributed by atoms with Crippen LogP contribution in [0.2, 0.25) is 0 Å². The fraction of sp³-hybridized carbons (Fsp3) is 0.500. The van der Waals surface area contributed by atoms with Crippen LogP contribution in [-0.2, 0) is 10.2 Å². The first-order chi connectivity index (χ1) is 9.71. The van der Waals surface area contributed by atoms with E-state index in [2.05, 4.69) is 26.6 Å². The van der Waals surface area contributed by atoms with Gasteiger partial charge in [0.2, 0.25) is 11.9 Å². The highest BCUT2D eigenvalue weighted by atomic mass is 32.1. The van der Waals surface area contributed by atoms with E-state index >= 15 is 0 Å². The second-order valence-electron chi connectivity index (χ2n) is 5.32.